The highest BCUT2D eigenvalue weighted by atomic mass is 32.2. The smallest absolute Gasteiger partial charge is 0.491 e. The van der Waals surface area contributed by atoms with E-state index in [4.69, 9.17) is 4.74 Å². The molecule has 2 aliphatic rings. The SMILES string of the molecule is CO/C(=C/C1CCN([S+](O)c2ccc(OC(F)(F)F)cc2)CC1)C(=O)NC1CC1. The van der Waals surface area contributed by atoms with Crippen LogP contribution in [0.25, 0.3) is 0 Å². The molecule has 0 spiro atoms. The van der Waals surface area contributed by atoms with Crippen LogP contribution >= 0.6 is 0 Å². The molecular weight excluding hydrogens is 409 g/mol. The molecule has 0 radical (unpaired) electrons. The van der Waals surface area contributed by atoms with Gasteiger partial charge in [-0.2, -0.15) is 4.55 Å². The lowest BCUT2D eigenvalue weighted by Crippen LogP contribution is -2.38. The van der Waals surface area contributed by atoms with Gasteiger partial charge in [0.15, 0.2) is 5.76 Å². The molecule has 0 bridgehead atoms. The Kier molecular flexibility index (Phi) is 6.97. The summed E-state index contributed by atoms with van der Waals surface area (Å²) in [6.45, 7) is 1.20. The number of benzene rings is 1. The van der Waals surface area contributed by atoms with Gasteiger partial charge in [0.25, 0.3) is 17.3 Å². The lowest BCUT2D eigenvalue weighted by atomic mass is 9.97. The maximum atomic E-state index is 12.2. The molecule has 2 fully saturated rings. The van der Waals surface area contributed by atoms with Crippen LogP contribution in [0.15, 0.2) is 41.0 Å². The molecule has 1 aliphatic carbocycles. The third kappa shape index (κ3) is 6.55. The number of hydrogen-bond donors (Lipinski definition) is 2. The molecule has 1 aromatic carbocycles. The molecular formula is C19H24F3N2O4S+. The van der Waals surface area contributed by atoms with Crippen LogP contribution in [-0.4, -0.2) is 47.4 Å². The predicted molar refractivity (Wildman–Crippen MR) is 102 cm³/mol. The van der Waals surface area contributed by atoms with Gasteiger partial charge in [0.1, 0.15) is 5.75 Å². The van der Waals surface area contributed by atoms with Crippen LogP contribution in [0.3, 0.4) is 0 Å². The van der Waals surface area contributed by atoms with Crippen molar-refractivity contribution in [3.05, 3.63) is 36.1 Å². The summed E-state index contributed by atoms with van der Waals surface area (Å²) in [6, 6.07) is 5.51. The van der Waals surface area contributed by atoms with E-state index >= 15 is 0 Å². The molecule has 1 saturated carbocycles. The van der Waals surface area contributed by atoms with Crippen molar-refractivity contribution in [1.82, 2.24) is 9.62 Å². The first-order valence-electron chi connectivity index (χ1n) is 9.36. The molecule has 3 rings (SSSR count). The first-order valence-corrected chi connectivity index (χ1v) is 10.5. The average Bonchev–Trinajstić information content (AvgIpc) is 3.49. The molecule has 1 aromatic rings. The Hall–Kier alpha value is -1.91. The second kappa shape index (κ2) is 9.27. The predicted octanol–water partition coefficient (Wildman–Crippen LogP) is 3.47. The highest BCUT2D eigenvalue weighted by Crippen LogP contribution is 2.28. The van der Waals surface area contributed by atoms with Crippen LogP contribution in [-0.2, 0) is 20.9 Å². The number of alkyl halides is 3. The Labute approximate surface area is 170 Å². The minimum atomic E-state index is -4.74. The van der Waals surface area contributed by atoms with Crippen molar-refractivity contribution in [2.24, 2.45) is 5.92 Å². The van der Waals surface area contributed by atoms with Gasteiger partial charge < -0.3 is 14.8 Å². The van der Waals surface area contributed by atoms with E-state index in [9.17, 15) is 22.5 Å². The van der Waals surface area contributed by atoms with Crippen LogP contribution < -0.4 is 10.1 Å². The van der Waals surface area contributed by atoms with Gasteiger partial charge in [-0.05, 0) is 49.8 Å². The van der Waals surface area contributed by atoms with Crippen molar-refractivity contribution in [3.8, 4) is 5.75 Å². The minimum absolute atomic E-state index is 0.158. The number of rotatable bonds is 7. The summed E-state index contributed by atoms with van der Waals surface area (Å²) in [7, 11) is 1.48. The van der Waals surface area contributed by atoms with Crippen molar-refractivity contribution in [3.63, 3.8) is 0 Å². The fraction of sp³-hybridized carbons (Fsp3) is 0.526. The summed E-state index contributed by atoms with van der Waals surface area (Å²) >= 11 is -1.22. The molecule has 1 unspecified atom stereocenters. The van der Waals surface area contributed by atoms with Crippen LogP contribution in [0.5, 0.6) is 5.75 Å². The first kappa shape index (κ1) is 21.8. The van der Waals surface area contributed by atoms with Crippen molar-refractivity contribution < 1.29 is 32.0 Å². The van der Waals surface area contributed by atoms with Crippen LogP contribution in [0.1, 0.15) is 25.7 Å². The Morgan fingerprint density at radius 1 is 1.21 bits per heavy atom. The van der Waals surface area contributed by atoms with E-state index in [1.54, 1.807) is 0 Å². The lowest BCUT2D eigenvalue weighted by molar-refractivity contribution is -0.274. The minimum Gasteiger partial charge on any atom is -0.491 e. The highest BCUT2D eigenvalue weighted by molar-refractivity contribution is 7.89. The zero-order valence-electron chi connectivity index (χ0n) is 15.9. The fourth-order valence-corrected chi connectivity index (χ4v) is 4.30. The zero-order chi connectivity index (χ0) is 21.0. The van der Waals surface area contributed by atoms with Crippen LogP contribution in [0.2, 0.25) is 0 Å². The largest absolute Gasteiger partial charge is 0.573 e. The number of hydrogen-bond acceptors (Lipinski definition) is 5. The normalized spacial score (nSPS) is 20.2. The van der Waals surface area contributed by atoms with Gasteiger partial charge in [-0.25, -0.2) is 0 Å². The average molecular weight is 433 g/mol. The maximum Gasteiger partial charge on any atom is 0.573 e. The molecule has 0 aromatic heterocycles. The number of nitrogens with one attached hydrogen (secondary N) is 1. The second-order valence-corrected chi connectivity index (χ2v) is 8.55. The summed E-state index contributed by atoms with van der Waals surface area (Å²) in [5.74, 6) is -0.0384. The number of carbonyl (C=O) groups is 1. The van der Waals surface area contributed by atoms with Crippen molar-refractivity contribution >= 4 is 17.3 Å². The van der Waals surface area contributed by atoms with Gasteiger partial charge in [0.2, 0.25) is 4.90 Å². The van der Waals surface area contributed by atoms with Gasteiger partial charge >= 0.3 is 6.36 Å². The summed E-state index contributed by atoms with van der Waals surface area (Å²) in [5.41, 5.74) is 0. The number of methoxy groups -OCH3 is 1. The Morgan fingerprint density at radius 3 is 2.34 bits per heavy atom. The number of allylic oxidation sites excluding steroid dienone is 1. The van der Waals surface area contributed by atoms with Crippen LogP contribution in [0.4, 0.5) is 13.2 Å². The van der Waals surface area contributed by atoms with Crippen molar-refractivity contribution in [2.45, 2.75) is 43.0 Å². The van der Waals surface area contributed by atoms with E-state index in [0.29, 0.717) is 23.7 Å². The number of ether oxygens (including phenoxy) is 2. The van der Waals surface area contributed by atoms with Crippen LogP contribution in [0, 0.1) is 5.92 Å². The number of amides is 1. The van der Waals surface area contributed by atoms with E-state index in [2.05, 4.69) is 10.1 Å². The van der Waals surface area contributed by atoms with Gasteiger partial charge in [0.05, 0.1) is 7.11 Å². The van der Waals surface area contributed by atoms with Gasteiger partial charge in [-0.15, -0.1) is 13.2 Å². The van der Waals surface area contributed by atoms with Crippen molar-refractivity contribution in [2.75, 3.05) is 20.2 Å². The summed E-state index contributed by atoms with van der Waals surface area (Å²) in [4.78, 5) is 12.7. The Balaban J connectivity index is 1.52. The molecule has 29 heavy (non-hydrogen) atoms. The van der Waals surface area contributed by atoms with E-state index in [1.165, 1.54) is 31.4 Å². The van der Waals surface area contributed by atoms with E-state index in [1.807, 2.05) is 10.4 Å². The molecule has 1 amide bonds. The topological polar surface area (TPSA) is 71.0 Å². The molecule has 1 atom stereocenters. The van der Waals surface area contributed by atoms with Gasteiger partial charge in [0, 0.05) is 31.3 Å². The molecule has 1 aliphatic heterocycles. The number of piperidine rings is 1. The van der Waals surface area contributed by atoms with E-state index < -0.39 is 17.7 Å². The Bertz CT molecular complexity index is 730. The third-order valence-corrected chi connectivity index (χ3v) is 6.30. The molecule has 1 saturated heterocycles. The second-order valence-electron chi connectivity index (χ2n) is 7.03. The first-order chi connectivity index (χ1) is 13.7. The van der Waals surface area contributed by atoms with Gasteiger partial charge in [-0.3, -0.25) is 4.79 Å². The molecule has 10 heteroatoms. The quantitative estimate of drug-likeness (QED) is 0.392. The standard InChI is InChI=1S/C19H23F3N2O4S/c1-27-17(18(25)23-14-2-3-14)12-13-8-10-24(11-9-13)29(26)16-6-4-15(5-7-16)28-19(20,21)22/h4-7,12-14,26H,2-3,8-11H2,1H3/p+1/b17-12+. The highest BCUT2D eigenvalue weighted by Gasteiger charge is 2.35. The zero-order valence-corrected chi connectivity index (χ0v) is 16.8. The van der Waals surface area contributed by atoms with E-state index in [0.717, 1.165) is 25.7 Å². The Morgan fingerprint density at radius 2 is 1.83 bits per heavy atom. The third-order valence-electron chi connectivity index (χ3n) is 4.75. The maximum absolute atomic E-state index is 12.2. The summed E-state index contributed by atoms with van der Waals surface area (Å²) in [5, 5.41) is 2.90. The number of nitrogens with zero attached hydrogens (tertiary/aromatic N) is 1. The van der Waals surface area contributed by atoms with Crippen molar-refractivity contribution in [1.29, 1.82) is 0 Å². The lowest BCUT2D eigenvalue weighted by Gasteiger charge is -2.26. The van der Waals surface area contributed by atoms with E-state index in [-0.39, 0.29) is 23.6 Å². The molecule has 160 valence electrons. The fourth-order valence-electron chi connectivity index (χ4n) is 3.06. The van der Waals surface area contributed by atoms with Gasteiger partial charge in [-0.1, -0.05) is 4.31 Å². The molecule has 1 heterocycles. The monoisotopic (exact) mass is 433 g/mol. The summed E-state index contributed by atoms with van der Waals surface area (Å²) < 4.78 is 58.2. The molecule has 6 nitrogen and oxygen atoms in total. The number of halogens is 3. The molecule has 2 N–H and O–H groups in total. The summed E-state index contributed by atoms with van der Waals surface area (Å²) in [6.07, 6.45) is 0.584. The number of carbonyl (C=O) groups excluding carboxylic acids is 1.